The second-order valence-corrected chi connectivity index (χ2v) is 5.17. The van der Waals surface area contributed by atoms with Crippen LogP contribution in [0, 0.1) is 5.82 Å². The molecule has 0 bridgehead atoms. The zero-order chi connectivity index (χ0) is 17.5. The second kappa shape index (κ2) is 8.10. The molecular formula is C18H19FN2O3. The number of methoxy groups -OCH3 is 1. The lowest BCUT2D eigenvalue weighted by Gasteiger charge is -2.21. The lowest BCUT2D eigenvalue weighted by molar-refractivity contribution is -0.117. The van der Waals surface area contributed by atoms with Gasteiger partial charge in [0.2, 0.25) is 11.8 Å². The van der Waals surface area contributed by atoms with E-state index < -0.39 is 0 Å². The van der Waals surface area contributed by atoms with Gasteiger partial charge in [0.15, 0.2) is 0 Å². The molecule has 0 heterocycles. The minimum absolute atomic E-state index is 0.128. The number of amides is 2. The molecule has 0 saturated carbocycles. The van der Waals surface area contributed by atoms with E-state index in [0.29, 0.717) is 17.1 Å². The van der Waals surface area contributed by atoms with Gasteiger partial charge in [-0.15, -0.1) is 0 Å². The summed E-state index contributed by atoms with van der Waals surface area (Å²) < 4.78 is 17.9. The van der Waals surface area contributed by atoms with Crippen LogP contribution in [0.1, 0.15) is 13.3 Å². The molecule has 2 aromatic rings. The molecule has 1 N–H and O–H groups in total. The SMILES string of the molecule is COc1ccc(N(CCC(=O)Nc2ccc(F)cc2)C(C)=O)cc1. The van der Waals surface area contributed by atoms with Gasteiger partial charge in [0.1, 0.15) is 11.6 Å². The number of hydrogen-bond acceptors (Lipinski definition) is 3. The van der Waals surface area contributed by atoms with Gasteiger partial charge in [-0.25, -0.2) is 4.39 Å². The number of anilines is 2. The fourth-order valence-corrected chi connectivity index (χ4v) is 2.20. The summed E-state index contributed by atoms with van der Waals surface area (Å²) in [5.41, 5.74) is 1.21. The molecule has 24 heavy (non-hydrogen) atoms. The number of hydrogen-bond donors (Lipinski definition) is 1. The van der Waals surface area contributed by atoms with Crippen LogP contribution in [0.25, 0.3) is 0 Å². The van der Waals surface area contributed by atoms with Crippen molar-refractivity contribution in [2.75, 3.05) is 23.9 Å². The van der Waals surface area contributed by atoms with Gasteiger partial charge in [0.25, 0.3) is 0 Å². The molecule has 0 spiro atoms. The first-order chi connectivity index (χ1) is 11.5. The molecule has 0 aliphatic heterocycles. The van der Waals surface area contributed by atoms with E-state index in [0.717, 1.165) is 0 Å². The van der Waals surface area contributed by atoms with Crippen molar-refractivity contribution in [1.29, 1.82) is 0 Å². The zero-order valence-electron chi connectivity index (χ0n) is 13.6. The van der Waals surface area contributed by atoms with Crippen molar-refractivity contribution in [1.82, 2.24) is 0 Å². The van der Waals surface area contributed by atoms with Crippen molar-refractivity contribution in [2.45, 2.75) is 13.3 Å². The first kappa shape index (κ1) is 17.5. The van der Waals surface area contributed by atoms with Gasteiger partial charge in [0, 0.05) is 31.3 Å². The molecule has 2 aromatic carbocycles. The van der Waals surface area contributed by atoms with E-state index in [1.165, 1.54) is 36.1 Å². The van der Waals surface area contributed by atoms with Crippen molar-refractivity contribution >= 4 is 23.2 Å². The standard InChI is InChI=1S/C18H19FN2O3/c1-13(22)21(16-7-9-17(24-2)10-8-16)12-11-18(23)20-15-5-3-14(19)4-6-15/h3-10H,11-12H2,1-2H3,(H,20,23). The predicted molar refractivity (Wildman–Crippen MR) is 90.7 cm³/mol. The van der Waals surface area contributed by atoms with E-state index in [1.807, 2.05) is 0 Å². The van der Waals surface area contributed by atoms with Crippen LogP contribution < -0.4 is 15.0 Å². The molecule has 0 aliphatic rings. The lowest BCUT2D eigenvalue weighted by Crippen LogP contribution is -2.31. The number of carbonyl (C=O) groups is 2. The molecule has 0 unspecified atom stereocenters. The van der Waals surface area contributed by atoms with Crippen LogP contribution in [-0.4, -0.2) is 25.5 Å². The molecular weight excluding hydrogens is 311 g/mol. The maximum atomic E-state index is 12.8. The largest absolute Gasteiger partial charge is 0.497 e. The predicted octanol–water partition coefficient (Wildman–Crippen LogP) is 3.22. The summed E-state index contributed by atoms with van der Waals surface area (Å²) in [6.45, 7) is 1.69. The Hall–Kier alpha value is -2.89. The third-order valence-corrected chi connectivity index (χ3v) is 3.45. The van der Waals surface area contributed by atoms with Gasteiger partial charge in [-0.3, -0.25) is 9.59 Å². The van der Waals surface area contributed by atoms with Gasteiger partial charge < -0.3 is 15.0 Å². The van der Waals surface area contributed by atoms with Gasteiger partial charge in [0.05, 0.1) is 7.11 Å². The summed E-state index contributed by atoms with van der Waals surface area (Å²) in [5, 5.41) is 2.67. The van der Waals surface area contributed by atoms with Crippen LogP contribution in [-0.2, 0) is 9.59 Å². The van der Waals surface area contributed by atoms with Gasteiger partial charge >= 0.3 is 0 Å². The Morgan fingerprint density at radius 1 is 1.08 bits per heavy atom. The minimum Gasteiger partial charge on any atom is -0.497 e. The van der Waals surface area contributed by atoms with Crippen LogP contribution in [0.5, 0.6) is 5.75 Å². The molecule has 0 aliphatic carbocycles. The summed E-state index contributed by atoms with van der Waals surface area (Å²) >= 11 is 0. The Morgan fingerprint density at radius 3 is 2.25 bits per heavy atom. The van der Waals surface area contributed by atoms with Crippen LogP contribution in [0.4, 0.5) is 15.8 Å². The van der Waals surface area contributed by atoms with E-state index in [9.17, 15) is 14.0 Å². The third-order valence-electron chi connectivity index (χ3n) is 3.45. The molecule has 0 saturated heterocycles. The first-order valence-electron chi connectivity index (χ1n) is 7.47. The Morgan fingerprint density at radius 2 is 1.71 bits per heavy atom. The monoisotopic (exact) mass is 330 g/mol. The highest BCUT2D eigenvalue weighted by atomic mass is 19.1. The fraction of sp³-hybridized carbons (Fsp3) is 0.222. The Bertz CT molecular complexity index is 699. The Labute approximate surface area is 140 Å². The summed E-state index contributed by atoms with van der Waals surface area (Å²) in [7, 11) is 1.57. The van der Waals surface area contributed by atoms with E-state index >= 15 is 0 Å². The van der Waals surface area contributed by atoms with Crippen LogP contribution >= 0.6 is 0 Å². The molecule has 0 atom stereocenters. The topological polar surface area (TPSA) is 58.6 Å². The summed E-state index contributed by atoms with van der Waals surface area (Å²) in [4.78, 5) is 25.3. The highest BCUT2D eigenvalue weighted by Gasteiger charge is 2.13. The van der Waals surface area contributed by atoms with Crippen LogP contribution in [0.2, 0.25) is 0 Å². The summed E-state index contributed by atoms with van der Waals surface area (Å²) in [5.74, 6) is -0.0808. The maximum absolute atomic E-state index is 12.8. The minimum atomic E-state index is -0.366. The smallest absolute Gasteiger partial charge is 0.226 e. The number of benzene rings is 2. The molecule has 0 radical (unpaired) electrons. The van der Waals surface area contributed by atoms with Crippen molar-refractivity contribution < 1.29 is 18.7 Å². The van der Waals surface area contributed by atoms with Crippen LogP contribution in [0.3, 0.4) is 0 Å². The number of nitrogens with one attached hydrogen (secondary N) is 1. The number of ether oxygens (including phenoxy) is 1. The maximum Gasteiger partial charge on any atom is 0.226 e. The van der Waals surface area contributed by atoms with Crippen LogP contribution in [0.15, 0.2) is 48.5 Å². The van der Waals surface area contributed by atoms with E-state index in [4.69, 9.17) is 4.74 Å². The quantitative estimate of drug-likeness (QED) is 0.885. The average molecular weight is 330 g/mol. The summed E-state index contributed by atoms with van der Waals surface area (Å²) in [6, 6.07) is 12.5. The molecule has 0 aromatic heterocycles. The second-order valence-electron chi connectivity index (χ2n) is 5.17. The van der Waals surface area contributed by atoms with Gasteiger partial charge in [-0.1, -0.05) is 0 Å². The molecule has 2 rings (SSSR count). The Balaban J connectivity index is 1.96. The van der Waals surface area contributed by atoms with E-state index in [2.05, 4.69) is 5.32 Å². The number of carbonyl (C=O) groups excluding carboxylic acids is 2. The average Bonchev–Trinajstić information content (AvgIpc) is 2.57. The third kappa shape index (κ3) is 4.81. The van der Waals surface area contributed by atoms with Crippen molar-refractivity contribution in [3.05, 3.63) is 54.3 Å². The van der Waals surface area contributed by atoms with Gasteiger partial charge in [-0.05, 0) is 48.5 Å². The van der Waals surface area contributed by atoms with Crippen molar-refractivity contribution in [2.24, 2.45) is 0 Å². The first-order valence-corrected chi connectivity index (χ1v) is 7.47. The van der Waals surface area contributed by atoms with E-state index in [-0.39, 0.29) is 30.6 Å². The molecule has 2 amide bonds. The lowest BCUT2D eigenvalue weighted by atomic mass is 10.2. The zero-order valence-corrected chi connectivity index (χ0v) is 13.6. The number of nitrogens with zero attached hydrogens (tertiary/aromatic N) is 1. The van der Waals surface area contributed by atoms with E-state index in [1.54, 1.807) is 31.4 Å². The fourth-order valence-electron chi connectivity index (χ4n) is 2.20. The normalized spacial score (nSPS) is 10.1. The van der Waals surface area contributed by atoms with Crippen molar-refractivity contribution in [3.8, 4) is 5.75 Å². The summed E-state index contributed by atoms with van der Waals surface area (Å²) in [6.07, 6.45) is 0.128. The molecule has 5 nitrogen and oxygen atoms in total. The van der Waals surface area contributed by atoms with Gasteiger partial charge in [-0.2, -0.15) is 0 Å². The molecule has 6 heteroatoms. The highest BCUT2D eigenvalue weighted by molar-refractivity contribution is 5.94. The molecule has 0 fully saturated rings. The Kier molecular flexibility index (Phi) is 5.89. The molecule has 126 valence electrons. The number of halogens is 1. The number of rotatable bonds is 6. The van der Waals surface area contributed by atoms with Crippen molar-refractivity contribution in [3.63, 3.8) is 0 Å². The highest BCUT2D eigenvalue weighted by Crippen LogP contribution is 2.20.